The van der Waals surface area contributed by atoms with Gasteiger partial charge in [0.05, 0.1) is 16.7 Å². The van der Waals surface area contributed by atoms with Crippen molar-refractivity contribution >= 4 is 5.91 Å². The molecule has 0 unspecified atom stereocenters. The first-order valence-electron chi connectivity index (χ1n) is 13.3. The number of hydrogen-bond acceptors (Lipinski definition) is 2. The van der Waals surface area contributed by atoms with Crippen LogP contribution in [0.4, 0.5) is 35.1 Å². The number of alkyl halides is 6. The van der Waals surface area contributed by atoms with Gasteiger partial charge in [-0.3, -0.25) is 4.79 Å². The van der Waals surface area contributed by atoms with Gasteiger partial charge in [0.1, 0.15) is 11.4 Å². The van der Waals surface area contributed by atoms with Crippen LogP contribution in [-0.2, 0) is 24.3 Å². The van der Waals surface area contributed by atoms with Gasteiger partial charge in [-0.25, -0.2) is 8.78 Å². The van der Waals surface area contributed by atoms with Gasteiger partial charge in [0, 0.05) is 12.0 Å². The summed E-state index contributed by atoms with van der Waals surface area (Å²) in [5, 5.41) is 2.60. The molecule has 0 radical (unpaired) electrons. The molecule has 0 spiro atoms. The molecule has 0 saturated heterocycles. The highest BCUT2D eigenvalue weighted by Gasteiger charge is 2.41. The van der Waals surface area contributed by atoms with E-state index in [1.165, 1.54) is 12.1 Å². The number of carbonyl (C=O) groups is 1. The summed E-state index contributed by atoms with van der Waals surface area (Å²) in [6.45, 7) is 4.90. The van der Waals surface area contributed by atoms with E-state index in [0.717, 1.165) is 30.3 Å². The summed E-state index contributed by atoms with van der Waals surface area (Å²) < 4.78 is 118. The Balaban J connectivity index is 2.03. The van der Waals surface area contributed by atoms with Crippen molar-refractivity contribution in [1.29, 1.82) is 0 Å². The second kappa shape index (κ2) is 11.9. The van der Waals surface area contributed by atoms with E-state index in [0.29, 0.717) is 17.7 Å². The van der Waals surface area contributed by atoms with Crippen LogP contribution < -0.4 is 10.1 Å². The predicted octanol–water partition coefficient (Wildman–Crippen LogP) is 9.10. The third-order valence-corrected chi connectivity index (χ3v) is 6.65. The zero-order chi connectivity index (χ0) is 32.5. The van der Waals surface area contributed by atoms with Gasteiger partial charge in [-0.1, -0.05) is 42.5 Å². The van der Waals surface area contributed by atoms with Crippen LogP contribution in [0.3, 0.4) is 0 Å². The normalized spacial score (nSPS) is 13.7. The van der Waals surface area contributed by atoms with Crippen molar-refractivity contribution in [2.75, 3.05) is 0 Å². The van der Waals surface area contributed by atoms with Crippen LogP contribution in [0.1, 0.15) is 58.9 Å². The largest absolute Gasteiger partial charge is 0.485 e. The summed E-state index contributed by atoms with van der Waals surface area (Å²) in [6.07, 6.45) is -10.1. The van der Waals surface area contributed by atoms with E-state index < -0.39 is 57.7 Å². The monoisotopic (exact) mass is 621 g/mol. The average Bonchev–Trinajstić information content (AvgIpc) is 2.92. The Kier molecular flexibility index (Phi) is 8.82. The first-order valence-corrected chi connectivity index (χ1v) is 13.3. The Morgan fingerprint density at radius 3 is 1.93 bits per heavy atom. The van der Waals surface area contributed by atoms with Crippen LogP contribution in [0, 0.1) is 11.6 Å². The van der Waals surface area contributed by atoms with Crippen molar-refractivity contribution in [3.63, 3.8) is 0 Å². The Labute approximate surface area is 248 Å². The van der Waals surface area contributed by atoms with Gasteiger partial charge >= 0.3 is 12.4 Å². The molecule has 0 fully saturated rings. The second-order valence-corrected chi connectivity index (χ2v) is 11.2. The Hall–Kier alpha value is -4.41. The van der Waals surface area contributed by atoms with E-state index in [1.54, 1.807) is 51.1 Å². The van der Waals surface area contributed by atoms with Crippen LogP contribution in [-0.4, -0.2) is 11.5 Å². The fourth-order valence-corrected chi connectivity index (χ4v) is 4.74. The van der Waals surface area contributed by atoms with E-state index >= 15 is 0 Å². The first-order chi connectivity index (χ1) is 20.4. The molecular formula is C33H27F8NO2. The minimum atomic E-state index is -5.00. The maximum atomic E-state index is 15.0. The highest BCUT2D eigenvalue weighted by molar-refractivity contribution is 5.95. The van der Waals surface area contributed by atoms with Gasteiger partial charge < -0.3 is 10.1 Å². The molecule has 0 aliphatic heterocycles. The lowest BCUT2D eigenvalue weighted by Gasteiger charge is -2.37. The van der Waals surface area contributed by atoms with Crippen LogP contribution in [0.15, 0.2) is 91.0 Å². The summed E-state index contributed by atoms with van der Waals surface area (Å²) in [7, 11) is 0. The molecule has 0 aromatic heterocycles. The lowest BCUT2D eigenvalue weighted by Crippen LogP contribution is -2.49. The van der Waals surface area contributed by atoms with Gasteiger partial charge in [0.15, 0.2) is 11.6 Å². The maximum Gasteiger partial charge on any atom is 0.416 e. The molecule has 44 heavy (non-hydrogen) atoms. The molecule has 4 aromatic carbocycles. The van der Waals surface area contributed by atoms with Crippen LogP contribution in [0.25, 0.3) is 0 Å². The van der Waals surface area contributed by atoms with E-state index in [2.05, 4.69) is 5.32 Å². The second-order valence-electron chi connectivity index (χ2n) is 11.2. The highest BCUT2D eigenvalue weighted by Crippen LogP contribution is 2.40. The van der Waals surface area contributed by atoms with E-state index in [4.69, 9.17) is 4.74 Å². The van der Waals surface area contributed by atoms with Crippen molar-refractivity contribution in [2.24, 2.45) is 0 Å². The Morgan fingerprint density at radius 1 is 0.682 bits per heavy atom. The first kappa shape index (κ1) is 32.5. The van der Waals surface area contributed by atoms with Gasteiger partial charge in [-0.15, -0.1) is 0 Å². The molecule has 232 valence electrons. The Bertz CT molecular complexity index is 1640. The van der Waals surface area contributed by atoms with Gasteiger partial charge in [-0.2, -0.15) is 26.3 Å². The maximum absolute atomic E-state index is 15.0. The number of carbonyl (C=O) groups excluding carboxylic acids is 1. The van der Waals surface area contributed by atoms with Crippen molar-refractivity contribution in [3.8, 4) is 5.75 Å². The highest BCUT2D eigenvalue weighted by atomic mass is 19.4. The molecule has 0 aliphatic rings. The van der Waals surface area contributed by atoms with Gasteiger partial charge in [0.25, 0.3) is 5.91 Å². The smallest absolute Gasteiger partial charge is 0.416 e. The molecule has 11 heteroatoms. The number of nitrogens with one attached hydrogen (secondary N) is 1. The van der Waals surface area contributed by atoms with Crippen molar-refractivity contribution < 1.29 is 44.7 Å². The molecule has 0 aliphatic carbocycles. The third kappa shape index (κ3) is 7.56. The molecule has 1 atom stereocenters. The zero-order valence-electron chi connectivity index (χ0n) is 23.7. The Morgan fingerprint density at radius 2 is 1.32 bits per heavy atom. The summed E-state index contributed by atoms with van der Waals surface area (Å²) in [4.78, 5) is 13.7. The molecular weight excluding hydrogens is 594 g/mol. The number of rotatable bonds is 7. The molecule has 0 bridgehead atoms. The molecule has 1 N–H and O–H groups in total. The van der Waals surface area contributed by atoms with E-state index in [1.807, 2.05) is 0 Å². The van der Waals surface area contributed by atoms with Crippen LogP contribution in [0.5, 0.6) is 5.75 Å². The van der Waals surface area contributed by atoms with E-state index in [-0.39, 0.29) is 29.4 Å². The van der Waals surface area contributed by atoms with Gasteiger partial charge in [-0.05, 0) is 86.0 Å². The molecule has 4 rings (SSSR count). The quantitative estimate of drug-likeness (QED) is 0.209. The van der Waals surface area contributed by atoms with Crippen LogP contribution in [0.2, 0.25) is 0 Å². The molecule has 3 nitrogen and oxygen atoms in total. The third-order valence-electron chi connectivity index (χ3n) is 6.65. The lowest BCUT2D eigenvalue weighted by molar-refractivity contribution is -0.138. The summed E-state index contributed by atoms with van der Waals surface area (Å²) >= 11 is 0. The lowest BCUT2D eigenvalue weighted by atomic mass is 9.77. The van der Waals surface area contributed by atoms with E-state index in [9.17, 15) is 39.9 Å². The number of ether oxygens (including phenoxy) is 1. The van der Waals surface area contributed by atoms with Gasteiger partial charge in [0.2, 0.25) is 0 Å². The fraction of sp³-hybridized carbons (Fsp3) is 0.242. The standard InChI is InChI=1S/C33H27F8NO2/c1-30(2,3)44-28-18-22(12-13-27(28)35)31(19-20-8-5-4-6-9-20,24-15-25(33(39,40)41)17-26(34)16-24)42-29(43)21-10-7-11-23(14-21)32(36,37)38/h4-18H,19H2,1-3H3,(H,42,43)/t31-/m1/s1. The zero-order valence-corrected chi connectivity index (χ0v) is 23.7. The van der Waals surface area contributed by atoms with Crippen molar-refractivity contribution in [3.05, 3.63) is 136 Å². The minimum Gasteiger partial charge on any atom is -0.485 e. The number of hydrogen-bond donors (Lipinski definition) is 1. The summed E-state index contributed by atoms with van der Waals surface area (Å²) in [5.41, 5.74) is -5.90. The molecule has 4 aromatic rings. The number of halogens is 8. The minimum absolute atomic E-state index is 0.0129. The topological polar surface area (TPSA) is 38.3 Å². The number of amides is 1. The number of benzene rings is 4. The predicted molar refractivity (Wildman–Crippen MR) is 148 cm³/mol. The fourth-order valence-electron chi connectivity index (χ4n) is 4.74. The SMILES string of the molecule is CC(C)(C)Oc1cc([C@@](Cc2ccccc2)(NC(=O)c2cccc(C(F)(F)F)c2)c2cc(F)cc(C(F)(F)F)c2)ccc1F. The van der Waals surface area contributed by atoms with Crippen LogP contribution >= 0.6 is 0 Å². The molecule has 0 heterocycles. The molecule has 1 amide bonds. The molecule has 0 saturated carbocycles. The average molecular weight is 622 g/mol. The summed E-state index contributed by atoms with van der Waals surface area (Å²) in [6, 6.07) is 16.6. The van der Waals surface area contributed by atoms with Crippen molar-refractivity contribution in [1.82, 2.24) is 5.32 Å². The summed E-state index contributed by atoms with van der Waals surface area (Å²) in [5.74, 6) is -3.52. The van der Waals surface area contributed by atoms with Crippen molar-refractivity contribution in [2.45, 2.75) is 50.7 Å².